The maximum atomic E-state index is 12.2. The molecule has 0 radical (unpaired) electrons. The van der Waals surface area contributed by atoms with Crippen LogP contribution in [0.3, 0.4) is 0 Å². The van der Waals surface area contributed by atoms with Crippen LogP contribution in [0.2, 0.25) is 0 Å². The molecule has 1 aliphatic rings. The molecule has 0 unspecified atom stereocenters. The molecule has 1 heterocycles. The number of hydrogen-bond acceptors (Lipinski definition) is 4. The maximum Gasteiger partial charge on any atom is 1.00 e. The summed E-state index contributed by atoms with van der Waals surface area (Å²) in [6.07, 6.45) is 1.88. The van der Waals surface area contributed by atoms with Gasteiger partial charge in [0.15, 0.2) is 5.17 Å². The van der Waals surface area contributed by atoms with E-state index >= 15 is 0 Å². The second-order valence-corrected chi connectivity index (χ2v) is 7.28. The van der Waals surface area contributed by atoms with E-state index in [2.05, 4.69) is 40.6 Å². The van der Waals surface area contributed by atoms with Gasteiger partial charge in [-0.15, -0.1) is 12.1 Å². The fourth-order valence-corrected chi connectivity index (χ4v) is 3.45. The first-order valence-corrected chi connectivity index (χ1v) is 9.93. The number of aliphatic imine (C=N–C) groups is 1. The molecule has 1 fully saturated rings. The number of carboxylic acids is 1. The van der Waals surface area contributed by atoms with Gasteiger partial charge in [0.25, 0.3) is 11.9 Å². The Hall–Kier alpha value is -2.64. The number of nitrogens with one attached hydrogen (secondary N) is 1. The first-order chi connectivity index (χ1) is 14.5. The Bertz CT molecular complexity index is 1080. The third kappa shape index (κ3) is 7.84. The molecule has 3 aromatic carbocycles. The zero-order valence-corrected chi connectivity index (χ0v) is 20.0. The van der Waals surface area contributed by atoms with Gasteiger partial charge in [0.1, 0.15) is 0 Å². The molecule has 0 spiro atoms. The van der Waals surface area contributed by atoms with Gasteiger partial charge in [-0.25, -0.2) is 0 Å². The van der Waals surface area contributed by atoms with E-state index in [1.165, 1.54) is 17.3 Å². The van der Waals surface area contributed by atoms with Crippen LogP contribution in [-0.4, -0.2) is 22.2 Å². The van der Waals surface area contributed by atoms with Gasteiger partial charge in [-0.2, -0.15) is 18.2 Å². The number of benzene rings is 3. The molecular weight excluding hydrogens is 419 g/mol. The van der Waals surface area contributed by atoms with E-state index in [0.29, 0.717) is 10.1 Å². The molecule has 7 heteroatoms. The summed E-state index contributed by atoms with van der Waals surface area (Å²) in [6, 6.07) is 28.6. The smallest absolute Gasteiger partial charge is 0.481 e. The van der Waals surface area contributed by atoms with Gasteiger partial charge in [0, 0.05) is 6.92 Å². The number of carboxylic acid groups (broad SMARTS) is 1. The molecule has 150 valence electrons. The van der Waals surface area contributed by atoms with E-state index in [1.807, 2.05) is 48.5 Å². The Morgan fingerprint density at radius 3 is 2.19 bits per heavy atom. The van der Waals surface area contributed by atoms with Crippen molar-refractivity contribution in [3.8, 4) is 11.1 Å². The molecule has 4 rings (SSSR count). The monoisotopic (exact) mass is 438 g/mol. The van der Waals surface area contributed by atoms with Crippen LogP contribution in [0.15, 0.2) is 88.8 Å². The van der Waals surface area contributed by atoms with E-state index in [0.717, 1.165) is 23.7 Å². The quantitative estimate of drug-likeness (QED) is 0.373. The third-order valence-electron chi connectivity index (χ3n) is 3.90. The Balaban J connectivity index is 0.000000631. The average molecular weight is 438 g/mol. The predicted octanol–water partition coefficient (Wildman–Crippen LogP) is 2.14. The van der Waals surface area contributed by atoms with Crippen molar-refractivity contribution >= 4 is 40.6 Å². The summed E-state index contributed by atoms with van der Waals surface area (Å²) >= 11 is 1.35. The van der Waals surface area contributed by atoms with Crippen LogP contribution >= 0.6 is 11.8 Å². The Kier molecular flexibility index (Phi) is 9.75. The summed E-state index contributed by atoms with van der Waals surface area (Å²) in [7, 11) is 0. The van der Waals surface area contributed by atoms with Crippen molar-refractivity contribution in [1.82, 2.24) is 5.32 Å². The SMILES string of the molecule is CC(=O)O.O=C1NC(=Nc2cc[c-]cc2)SC1=Cc1ccc(-c2ccccc2)cc1.[Na+]. The molecule has 0 bridgehead atoms. The van der Waals surface area contributed by atoms with Crippen molar-refractivity contribution in [2.75, 3.05) is 0 Å². The first-order valence-electron chi connectivity index (χ1n) is 9.12. The summed E-state index contributed by atoms with van der Waals surface area (Å²) in [5.41, 5.74) is 4.10. The number of carbonyl (C=O) groups excluding carboxylic acids is 1. The number of amides is 1. The van der Waals surface area contributed by atoms with Crippen LogP contribution in [-0.2, 0) is 9.59 Å². The summed E-state index contributed by atoms with van der Waals surface area (Å²) in [4.78, 5) is 26.3. The van der Waals surface area contributed by atoms with Gasteiger partial charge >= 0.3 is 29.6 Å². The molecule has 0 aromatic heterocycles. The standard InChI is InChI=1S/C22H15N2OS.C2H4O2.Na/c25-21-20(26-22(24-21)23-19-9-5-2-6-10-19)15-16-11-13-18(14-12-16)17-7-3-1-4-8-17;1-2(3)4;/h1,3-15H,(H,23,24,25);1H3,(H,3,4);/q-1;;+1. The zero-order chi connectivity index (χ0) is 21.3. The number of aliphatic carboxylic acids is 1. The minimum atomic E-state index is -0.833. The number of nitrogens with zero attached hydrogens (tertiary/aromatic N) is 1. The maximum absolute atomic E-state index is 12.2. The third-order valence-corrected chi connectivity index (χ3v) is 4.81. The van der Waals surface area contributed by atoms with Crippen molar-refractivity contribution in [3.05, 3.63) is 95.4 Å². The number of thioether (sulfide) groups is 1. The number of carbonyl (C=O) groups is 2. The number of amidine groups is 1. The minimum absolute atomic E-state index is 0. The summed E-state index contributed by atoms with van der Waals surface area (Å²) < 4.78 is 0. The van der Waals surface area contributed by atoms with Crippen molar-refractivity contribution in [1.29, 1.82) is 0 Å². The van der Waals surface area contributed by atoms with Gasteiger partial charge in [-0.3, -0.25) is 14.6 Å². The normalized spacial score (nSPS) is 14.9. The summed E-state index contributed by atoms with van der Waals surface area (Å²) in [5.74, 6) is -0.955. The van der Waals surface area contributed by atoms with Crippen molar-refractivity contribution < 1.29 is 44.3 Å². The molecule has 1 aliphatic heterocycles. The molecular formula is C24H19N2NaO3S. The molecule has 1 saturated heterocycles. The second-order valence-electron chi connectivity index (χ2n) is 6.25. The Morgan fingerprint density at radius 1 is 1.00 bits per heavy atom. The topological polar surface area (TPSA) is 78.8 Å². The van der Waals surface area contributed by atoms with Gasteiger partial charge in [0.05, 0.1) is 4.91 Å². The van der Waals surface area contributed by atoms with Gasteiger partial charge in [-0.05, 0) is 40.2 Å². The van der Waals surface area contributed by atoms with Crippen molar-refractivity contribution in [2.45, 2.75) is 6.92 Å². The molecule has 5 nitrogen and oxygen atoms in total. The number of rotatable bonds is 3. The predicted molar refractivity (Wildman–Crippen MR) is 121 cm³/mol. The molecule has 0 saturated carbocycles. The number of hydrogen-bond donors (Lipinski definition) is 2. The van der Waals surface area contributed by atoms with E-state index in [-0.39, 0.29) is 35.5 Å². The molecule has 0 aliphatic carbocycles. The minimum Gasteiger partial charge on any atom is -0.481 e. The van der Waals surface area contributed by atoms with E-state index in [1.54, 1.807) is 12.1 Å². The van der Waals surface area contributed by atoms with Gasteiger partial charge in [-0.1, -0.05) is 54.6 Å². The zero-order valence-electron chi connectivity index (χ0n) is 17.2. The molecule has 3 aromatic rings. The Labute approximate surface area is 207 Å². The molecule has 0 atom stereocenters. The van der Waals surface area contributed by atoms with Crippen LogP contribution in [0.5, 0.6) is 0 Å². The molecule has 31 heavy (non-hydrogen) atoms. The van der Waals surface area contributed by atoms with E-state index < -0.39 is 5.97 Å². The van der Waals surface area contributed by atoms with Crippen LogP contribution in [0, 0.1) is 6.07 Å². The largest absolute Gasteiger partial charge is 1.00 e. The van der Waals surface area contributed by atoms with Crippen LogP contribution < -0.4 is 34.9 Å². The average Bonchev–Trinajstić information content (AvgIpc) is 3.08. The van der Waals surface area contributed by atoms with E-state index in [9.17, 15) is 4.79 Å². The Morgan fingerprint density at radius 2 is 1.58 bits per heavy atom. The van der Waals surface area contributed by atoms with Gasteiger partial charge < -0.3 is 10.4 Å². The van der Waals surface area contributed by atoms with Gasteiger partial charge in [0.2, 0.25) is 0 Å². The fourth-order valence-electron chi connectivity index (χ4n) is 2.60. The van der Waals surface area contributed by atoms with Crippen molar-refractivity contribution in [3.63, 3.8) is 0 Å². The van der Waals surface area contributed by atoms with Crippen LogP contribution in [0.4, 0.5) is 5.69 Å². The summed E-state index contributed by atoms with van der Waals surface area (Å²) in [5, 5.41) is 10.8. The molecule has 1 amide bonds. The fraction of sp³-hybridized carbons (Fsp3) is 0.0417. The summed E-state index contributed by atoms with van der Waals surface area (Å²) in [6.45, 7) is 1.08. The molecule has 2 N–H and O–H groups in total. The van der Waals surface area contributed by atoms with Crippen LogP contribution in [0.25, 0.3) is 17.2 Å². The first kappa shape index (κ1) is 24.6. The second kappa shape index (κ2) is 12.3. The van der Waals surface area contributed by atoms with E-state index in [4.69, 9.17) is 9.90 Å². The van der Waals surface area contributed by atoms with Crippen LogP contribution in [0.1, 0.15) is 12.5 Å². The van der Waals surface area contributed by atoms with Crippen molar-refractivity contribution in [2.24, 2.45) is 4.99 Å².